The standard InChI is InChI=1S/C28H34F3N7O2S/c1-4-40-22-8-7-19(12-20(22)28(29,30)31)25-23(16-37-10-5-6-17(37)2)41-27(35-25)36-26(39)21-14-34-24(15-33-21)38-11-9-32-13-18(38)3/h7-8,12,14-15,17-18,32H,4-6,9-11,13,16H2,1-3H3,(H,35,36,39)/t17-,18-/m1/s1. The van der Waals surface area contributed by atoms with Crippen molar-refractivity contribution < 1.29 is 22.7 Å². The first-order chi connectivity index (χ1) is 19.6. The minimum atomic E-state index is -4.59. The van der Waals surface area contributed by atoms with Crippen LogP contribution >= 0.6 is 11.3 Å². The molecule has 2 N–H and O–H groups in total. The van der Waals surface area contributed by atoms with E-state index < -0.39 is 17.6 Å². The molecule has 0 bridgehead atoms. The number of nitrogens with zero attached hydrogens (tertiary/aromatic N) is 5. The molecular formula is C28H34F3N7O2S. The molecule has 9 nitrogen and oxygen atoms in total. The highest BCUT2D eigenvalue weighted by Crippen LogP contribution is 2.41. The normalized spacial score (nSPS) is 19.9. The van der Waals surface area contributed by atoms with Crippen LogP contribution in [0, 0.1) is 0 Å². The van der Waals surface area contributed by atoms with Crippen molar-refractivity contribution in [3.05, 3.63) is 46.7 Å². The predicted octanol–water partition coefficient (Wildman–Crippen LogP) is 5.05. The third kappa shape index (κ3) is 6.62. The van der Waals surface area contributed by atoms with Gasteiger partial charge in [0.2, 0.25) is 0 Å². The topological polar surface area (TPSA) is 95.5 Å². The van der Waals surface area contributed by atoms with E-state index in [0.717, 1.165) is 50.0 Å². The van der Waals surface area contributed by atoms with E-state index in [1.165, 1.54) is 23.6 Å². The van der Waals surface area contributed by atoms with Gasteiger partial charge in [-0.25, -0.2) is 15.0 Å². The number of carbonyl (C=O) groups is 1. The van der Waals surface area contributed by atoms with Crippen LogP contribution in [0.5, 0.6) is 5.75 Å². The molecule has 4 heterocycles. The van der Waals surface area contributed by atoms with Gasteiger partial charge in [-0.05, 0) is 58.4 Å². The van der Waals surface area contributed by atoms with Gasteiger partial charge in [0, 0.05) is 48.7 Å². The third-order valence-corrected chi connectivity index (χ3v) is 8.44. The molecular weight excluding hydrogens is 555 g/mol. The monoisotopic (exact) mass is 589 g/mol. The van der Waals surface area contributed by atoms with Gasteiger partial charge in [0.1, 0.15) is 17.3 Å². The fourth-order valence-corrected chi connectivity index (χ4v) is 6.26. The second-order valence-corrected chi connectivity index (χ2v) is 11.4. The number of benzene rings is 1. The lowest BCUT2D eigenvalue weighted by molar-refractivity contribution is -0.138. The molecule has 2 fully saturated rings. The zero-order valence-corrected chi connectivity index (χ0v) is 24.1. The molecule has 2 aliphatic rings. The van der Waals surface area contributed by atoms with Crippen LogP contribution in [0.3, 0.4) is 0 Å². The first-order valence-electron chi connectivity index (χ1n) is 13.8. The van der Waals surface area contributed by atoms with Gasteiger partial charge in [-0.3, -0.25) is 15.0 Å². The molecule has 0 saturated carbocycles. The van der Waals surface area contributed by atoms with Crippen molar-refractivity contribution in [2.45, 2.75) is 58.4 Å². The van der Waals surface area contributed by atoms with Crippen LogP contribution in [0.15, 0.2) is 30.6 Å². The summed E-state index contributed by atoms with van der Waals surface area (Å²) < 4.78 is 46.9. The lowest BCUT2D eigenvalue weighted by atomic mass is 10.1. The summed E-state index contributed by atoms with van der Waals surface area (Å²) >= 11 is 1.26. The van der Waals surface area contributed by atoms with Crippen LogP contribution in [0.2, 0.25) is 0 Å². The molecule has 1 amide bonds. The molecule has 0 radical (unpaired) electrons. The highest BCUT2D eigenvalue weighted by atomic mass is 32.1. The number of piperazine rings is 1. The maximum absolute atomic E-state index is 13.9. The Balaban J connectivity index is 1.42. The van der Waals surface area contributed by atoms with Crippen LogP contribution in [0.1, 0.15) is 54.5 Å². The Labute approximate surface area is 241 Å². The fourth-order valence-electron chi connectivity index (χ4n) is 5.26. The van der Waals surface area contributed by atoms with E-state index in [4.69, 9.17) is 4.74 Å². The maximum Gasteiger partial charge on any atom is 0.419 e. The SMILES string of the molecule is CCOc1ccc(-c2nc(NC(=O)c3cnc(N4CCNC[C@H]4C)cn3)sc2CN2CCC[C@H]2C)cc1C(F)(F)F. The summed E-state index contributed by atoms with van der Waals surface area (Å²) in [4.78, 5) is 31.6. The fraction of sp³-hybridized carbons (Fsp3) is 0.500. The van der Waals surface area contributed by atoms with Crippen molar-refractivity contribution in [1.82, 2.24) is 25.2 Å². The first-order valence-corrected chi connectivity index (χ1v) is 14.6. The molecule has 1 aromatic carbocycles. The van der Waals surface area contributed by atoms with Crippen molar-refractivity contribution >= 4 is 28.2 Å². The van der Waals surface area contributed by atoms with Crippen molar-refractivity contribution in [2.24, 2.45) is 0 Å². The molecule has 2 saturated heterocycles. The summed E-state index contributed by atoms with van der Waals surface area (Å²) in [7, 11) is 0. The lowest BCUT2D eigenvalue weighted by Crippen LogP contribution is -2.50. The number of nitrogens with one attached hydrogen (secondary N) is 2. The van der Waals surface area contributed by atoms with E-state index >= 15 is 0 Å². The van der Waals surface area contributed by atoms with Gasteiger partial charge in [-0.1, -0.05) is 11.3 Å². The summed E-state index contributed by atoms with van der Waals surface area (Å²) in [5, 5.41) is 6.40. The average molecular weight is 590 g/mol. The molecule has 2 aliphatic heterocycles. The number of alkyl halides is 3. The van der Waals surface area contributed by atoms with Crippen LogP contribution in [0.4, 0.5) is 24.1 Å². The van der Waals surface area contributed by atoms with Crippen molar-refractivity contribution in [1.29, 1.82) is 0 Å². The van der Waals surface area contributed by atoms with Crippen LogP contribution < -0.4 is 20.3 Å². The second kappa shape index (κ2) is 12.3. The van der Waals surface area contributed by atoms with E-state index in [1.807, 2.05) is 0 Å². The van der Waals surface area contributed by atoms with Crippen molar-refractivity contribution in [3.63, 3.8) is 0 Å². The Morgan fingerprint density at radius 1 is 1.20 bits per heavy atom. The number of ether oxygens (including phenoxy) is 1. The van der Waals surface area contributed by atoms with Gasteiger partial charge in [-0.15, -0.1) is 0 Å². The van der Waals surface area contributed by atoms with Crippen molar-refractivity contribution in [2.75, 3.05) is 43.0 Å². The van der Waals surface area contributed by atoms with Gasteiger partial charge in [0.05, 0.1) is 30.3 Å². The van der Waals surface area contributed by atoms with Gasteiger partial charge in [-0.2, -0.15) is 13.2 Å². The number of anilines is 2. The minimum absolute atomic E-state index is 0.117. The largest absolute Gasteiger partial charge is 0.493 e. The number of rotatable bonds is 8. The van der Waals surface area contributed by atoms with Crippen molar-refractivity contribution in [3.8, 4) is 17.0 Å². The summed E-state index contributed by atoms with van der Waals surface area (Å²) in [6.45, 7) is 9.89. The van der Waals surface area contributed by atoms with Gasteiger partial charge >= 0.3 is 6.18 Å². The Morgan fingerprint density at radius 2 is 2.02 bits per heavy atom. The number of hydrogen-bond acceptors (Lipinski definition) is 9. The zero-order valence-electron chi connectivity index (χ0n) is 23.3. The first kappa shape index (κ1) is 29.2. The number of hydrogen-bond donors (Lipinski definition) is 2. The van der Waals surface area contributed by atoms with E-state index in [9.17, 15) is 18.0 Å². The number of halogens is 3. The van der Waals surface area contributed by atoms with Gasteiger partial charge in [0.25, 0.3) is 5.91 Å². The second-order valence-electron chi connectivity index (χ2n) is 10.4. The van der Waals surface area contributed by atoms with Crippen LogP contribution in [-0.2, 0) is 12.7 Å². The van der Waals surface area contributed by atoms with E-state index in [-0.39, 0.29) is 29.2 Å². The number of carbonyl (C=O) groups excluding carboxylic acids is 1. The summed E-state index contributed by atoms with van der Waals surface area (Å²) in [5.41, 5.74) is -0.00531. The molecule has 0 spiro atoms. The molecule has 41 heavy (non-hydrogen) atoms. The predicted molar refractivity (Wildman–Crippen MR) is 152 cm³/mol. The molecule has 2 aromatic heterocycles. The van der Waals surface area contributed by atoms with Gasteiger partial charge in [0.15, 0.2) is 5.13 Å². The molecule has 2 atom stereocenters. The Kier molecular flexibility index (Phi) is 8.76. The molecule has 3 aromatic rings. The number of thiazole rings is 1. The summed E-state index contributed by atoms with van der Waals surface area (Å²) in [5.74, 6) is -0.00833. The minimum Gasteiger partial charge on any atom is -0.493 e. The van der Waals surface area contributed by atoms with Gasteiger partial charge < -0.3 is 15.0 Å². The smallest absolute Gasteiger partial charge is 0.419 e. The summed E-state index contributed by atoms with van der Waals surface area (Å²) in [6.07, 6.45) is 0.540. The van der Waals surface area contributed by atoms with E-state index in [0.29, 0.717) is 29.7 Å². The maximum atomic E-state index is 13.9. The number of aromatic nitrogens is 3. The van der Waals surface area contributed by atoms with E-state index in [2.05, 4.69) is 49.2 Å². The molecule has 0 unspecified atom stereocenters. The molecule has 5 rings (SSSR count). The highest BCUT2D eigenvalue weighted by Gasteiger charge is 2.35. The molecule has 0 aliphatic carbocycles. The lowest BCUT2D eigenvalue weighted by Gasteiger charge is -2.34. The Morgan fingerprint density at radius 3 is 2.68 bits per heavy atom. The quantitative estimate of drug-likeness (QED) is 0.377. The number of likely N-dealkylation sites (tertiary alicyclic amines) is 1. The zero-order chi connectivity index (χ0) is 29.1. The average Bonchev–Trinajstić information content (AvgIpc) is 3.54. The Hall–Kier alpha value is -3.29. The van der Waals surface area contributed by atoms with Crippen LogP contribution in [-0.4, -0.2) is 70.6 Å². The van der Waals surface area contributed by atoms with E-state index in [1.54, 1.807) is 19.2 Å². The third-order valence-electron chi connectivity index (χ3n) is 7.48. The molecule has 13 heteroatoms. The Bertz CT molecular complexity index is 1370. The molecule has 220 valence electrons. The number of amides is 1. The van der Waals surface area contributed by atoms with Crippen LogP contribution in [0.25, 0.3) is 11.3 Å². The highest BCUT2D eigenvalue weighted by molar-refractivity contribution is 7.16. The summed E-state index contributed by atoms with van der Waals surface area (Å²) in [6, 6.07) is 4.59.